The van der Waals surface area contributed by atoms with Gasteiger partial charge in [-0.25, -0.2) is 0 Å². The molecule has 2 rings (SSSR count). The quantitative estimate of drug-likeness (QED) is 0.799. The van der Waals surface area contributed by atoms with Gasteiger partial charge in [-0.2, -0.15) is 0 Å². The number of methoxy groups -OCH3 is 1. The molecule has 0 atom stereocenters. The first-order chi connectivity index (χ1) is 11.1. The number of fused-ring (bicyclic) bond motifs is 1. The van der Waals surface area contributed by atoms with Crippen LogP contribution < -0.4 is 15.5 Å². The number of hydrogen-bond donors (Lipinski definition) is 1. The summed E-state index contributed by atoms with van der Waals surface area (Å²) >= 11 is 0. The van der Waals surface area contributed by atoms with Crippen LogP contribution >= 0.6 is 0 Å². The first kappa shape index (κ1) is 17.1. The van der Waals surface area contributed by atoms with Crippen LogP contribution in [0.3, 0.4) is 0 Å². The molecule has 124 valence electrons. The van der Waals surface area contributed by atoms with Crippen molar-refractivity contribution in [3.63, 3.8) is 0 Å². The topological polar surface area (TPSA) is 60.3 Å². The van der Waals surface area contributed by atoms with Gasteiger partial charge in [0.2, 0.25) is 5.43 Å². The highest BCUT2D eigenvalue weighted by Crippen LogP contribution is 2.19. The number of nitrogens with one attached hydrogen (secondary N) is 1. The molecule has 0 radical (unpaired) electrons. The van der Waals surface area contributed by atoms with Crippen molar-refractivity contribution >= 4 is 16.8 Å². The summed E-state index contributed by atoms with van der Waals surface area (Å²) in [5.74, 6) is 0.302. The van der Waals surface area contributed by atoms with E-state index in [-0.39, 0.29) is 16.9 Å². The van der Waals surface area contributed by atoms with Gasteiger partial charge >= 0.3 is 0 Å². The van der Waals surface area contributed by atoms with Crippen LogP contribution in [0, 0.1) is 0 Å². The zero-order chi connectivity index (χ0) is 16.8. The lowest BCUT2D eigenvalue weighted by molar-refractivity contribution is 0.0951. The Hall–Kier alpha value is -2.30. The van der Waals surface area contributed by atoms with Gasteiger partial charge in [-0.05, 0) is 31.5 Å². The Kier molecular flexibility index (Phi) is 5.79. The van der Waals surface area contributed by atoms with Crippen molar-refractivity contribution in [3.05, 3.63) is 40.2 Å². The molecule has 0 spiro atoms. The molecule has 1 N–H and O–H groups in total. The number of carbonyl (C=O) groups is 1. The number of carbonyl (C=O) groups excluding carboxylic acids is 1. The number of rotatable bonds is 7. The first-order valence-corrected chi connectivity index (χ1v) is 8.11. The maximum Gasteiger partial charge on any atom is 0.256 e. The molecule has 0 unspecified atom stereocenters. The van der Waals surface area contributed by atoms with Crippen molar-refractivity contribution in [3.8, 4) is 5.75 Å². The molecule has 0 saturated carbocycles. The monoisotopic (exact) mass is 316 g/mol. The number of hydrogen-bond acceptors (Lipinski definition) is 3. The highest BCUT2D eigenvalue weighted by Gasteiger charge is 2.15. The van der Waals surface area contributed by atoms with Gasteiger partial charge in [0.15, 0.2) is 0 Å². The van der Waals surface area contributed by atoms with Gasteiger partial charge in [0.1, 0.15) is 11.3 Å². The number of ether oxygens (including phenoxy) is 1. The molecule has 0 aliphatic carbocycles. The second-order valence-corrected chi connectivity index (χ2v) is 5.50. The number of unbranched alkanes of at least 4 members (excludes halogenated alkanes) is 2. The predicted octanol–water partition coefficient (Wildman–Crippen LogP) is 2.95. The van der Waals surface area contributed by atoms with Crippen molar-refractivity contribution in [2.75, 3.05) is 13.7 Å². The van der Waals surface area contributed by atoms with Crippen LogP contribution in [0.15, 0.2) is 29.2 Å². The molecule has 0 aliphatic rings. The molecule has 1 amide bonds. The summed E-state index contributed by atoms with van der Waals surface area (Å²) in [4.78, 5) is 25.0. The standard InChI is InChI=1S/C18H24N2O3/c1-4-6-7-10-19-18(22)15-12-20(5-2)16-9-8-13(23-3)11-14(16)17(15)21/h8-9,11-12H,4-7,10H2,1-3H3,(H,19,22). The Labute approximate surface area is 136 Å². The van der Waals surface area contributed by atoms with Crippen LogP contribution in [0.2, 0.25) is 0 Å². The zero-order valence-corrected chi connectivity index (χ0v) is 14.0. The van der Waals surface area contributed by atoms with Crippen LogP contribution in [0.25, 0.3) is 10.9 Å². The lowest BCUT2D eigenvalue weighted by Gasteiger charge is -2.12. The maximum absolute atomic E-state index is 12.7. The van der Waals surface area contributed by atoms with Crippen LogP contribution in [0.1, 0.15) is 43.5 Å². The molecule has 2 aromatic rings. The molecule has 5 nitrogen and oxygen atoms in total. The third-order valence-corrected chi connectivity index (χ3v) is 3.94. The number of amides is 1. The summed E-state index contributed by atoms with van der Waals surface area (Å²) in [6.45, 7) is 5.36. The van der Waals surface area contributed by atoms with Crippen molar-refractivity contribution in [1.29, 1.82) is 0 Å². The van der Waals surface area contributed by atoms with E-state index in [9.17, 15) is 9.59 Å². The van der Waals surface area contributed by atoms with Gasteiger partial charge in [0, 0.05) is 19.3 Å². The summed E-state index contributed by atoms with van der Waals surface area (Å²) in [5.41, 5.74) is 0.738. The molecular weight excluding hydrogens is 292 g/mol. The lowest BCUT2D eigenvalue weighted by atomic mass is 10.1. The minimum absolute atomic E-state index is 0.184. The number of pyridine rings is 1. The Bertz CT molecular complexity index is 750. The van der Waals surface area contributed by atoms with Gasteiger partial charge < -0.3 is 14.6 Å². The SMILES string of the molecule is CCCCCNC(=O)c1cn(CC)c2ccc(OC)cc2c1=O. The second kappa shape index (κ2) is 7.81. The minimum atomic E-state index is -0.307. The molecular formula is C18H24N2O3. The van der Waals surface area contributed by atoms with Crippen molar-refractivity contribution in [2.24, 2.45) is 0 Å². The highest BCUT2D eigenvalue weighted by atomic mass is 16.5. The van der Waals surface area contributed by atoms with Crippen molar-refractivity contribution in [2.45, 2.75) is 39.7 Å². The van der Waals surface area contributed by atoms with E-state index in [1.54, 1.807) is 19.4 Å². The average Bonchev–Trinajstić information content (AvgIpc) is 2.58. The normalized spacial score (nSPS) is 10.7. The van der Waals surface area contributed by atoms with Gasteiger partial charge in [-0.3, -0.25) is 9.59 Å². The fourth-order valence-electron chi connectivity index (χ4n) is 2.60. The molecule has 1 aromatic heterocycles. The van der Waals surface area contributed by atoms with E-state index in [2.05, 4.69) is 12.2 Å². The fraction of sp³-hybridized carbons (Fsp3) is 0.444. The van der Waals surface area contributed by atoms with Gasteiger partial charge in [0.25, 0.3) is 5.91 Å². The van der Waals surface area contributed by atoms with Gasteiger partial charge in [-0.15, -0.1) is 0 Å². The van der Waals surface area contributed by atoms with Gasteiger partial charge in [-0.1, -0.05) is 19.8 Å². The van der Waals surface area contributed by atoms with Crippen LogP contribution in [-0.2, 0) is 6.54 Å². The predicted molar refractivity (Wildman–Crippen MR) is 92.3 cm³/mol. The molecule has 0 bridgehead atoms. The highest BCUT2D eigenvalue weighted by molar-refractivity contribution is 5.97. The zero-order valence-electron chi connectivity index (χ0n) is 14.0. The first-order valence-electron chi connectivity index (χ1n) is 8.11. The molecule has 0 saturated heterocycles. The van der Waals surface area contributed by atoms with Crippen LogP contribution in [0.4, 0.5) is 0 Å². The van der Waals surface area contributed by atoms with E-state index in [1.807, 2.05) is 23.6 Å². The number of benzene rings is 1. The summed E-state index contributed by atoms with van der Waals surface area (Å²) in [5, 5.41) is 3.34. The van der Waals surface area contributed by atoms with E-state index < -0.39 is 0 Å². The summed E-state index contributed by atoms with van der Waals surface area (Å²) in [6.07, 6.45) is 4.72. The molecule has 0 fully saturated rings. The summed E-state index contributed by atoms with van der Waals surface area (Å²) in [6, 6.07) is 5.36. The van der Waals surface area contributed by atoms with E-state index in [4.69, 9.17) is 4.74 Å². The molecule has 5 heteroatoms. The van der Waals surface area contributed by atoms with Crippen LogP contribution in [0.5, 0.6) is 5.75 Å². The summed E-state index contributed by atoms with van der Waals surface area (Å²) < 4.78 is 7.11. The van der Waals surface area contributed by atoms with Crippen molar-refractivity contribution in [1.82, 2.24) is 9.88 Å². The molecule has 23 heavy (non-hydrogen) atoms. The summed E-state index contributed by atoms with van der Waals surface area (Å²) in [7, 11) is 1.56. The third kappa shape index (κ3) is 3.73. The average molecular weight is 316 g/mol. The third-order valence-electron chi connectivity index (χ3n) is 3.94. The van der Waals surface area contributed by atoms with E-state index in [0.717, 1.165) is 24.8 Å². The smallest absolute Gasteiger partial charge is 0.256 e. The van der Waals surface area contributed by atoms with E-state index >= 15 is 0 Å². The Morgan fingerprint density at radius 2 is 2.04 bits per heavy atom. The minimum Gasteiger partial charge on any atom is -0.497 e. The number of aryl methyl sites for hydroxylation is 1. The maximum atomic E-state index is 12.7. The molecule has 0 aliphatic heterocycles. The Morgan fingerprint density at radius 3 is 2.70 bits per heavy atom. The van der Waals surface area contributed by atoms with Crippen molar-refractivity contribution < 1.29 is 9.53 Å². The lowest BCUT2D eigenvalue weighted by Crippen LogP contribution is -2.30. The largest absolute Gasteiger partial charge is 0.497 e. The molecule has 1 heterocycles. The van der Waals surface area contributed by atoms with E-state index in [1.165, 1.54) is 0 Å². The van der Waals surface area contributed by atoms with E-state index in [0.29, 0.717) is 24.2 Å². The Balaban J connectivity index is 2.41. The number of nitrogens with zero attached hydrogens (tertiary/aromatic N) is 1. The van der Waals surface area contributed by atoms with Gasteiger partial charge in [0.05, 0.1) is 18.0 Å². The Morgan fingerprint density at radius 1 is 1.26 bits per heavy atom. The van der Waals surface area contributed by atoms with Crippen LogP contribution in [-0.4, -0.2) is 24.1 Å². The molecule has 1 aromatic carbocycles. The second-order valence-electron chi connectivity index (χ2n) is 5.50. The number of aromatic nitrogens is 1. The fourth-order valence-corrected chi connectivity index (χ4v) is 2.60.